The van der Waals surface area contributed by atoms with E-state index in [-0.39, 0.29) is 12.5 Å². The Morgan fingerprint density at radius 2 is 1.63 bits per heavy atom. The molecule has 2 atom stereocenters. The monoisotopic (exact) mass is 366 g/mol. The van der Waals surface area contributed by atoms with Crippen molar-refractivity contribution < 1.29 is 18.9 Å². The maximum atomic E-state index is 6.57. The fraction of sp³-hybridized carbons (Fsp3) is 0.429. The maximum absolute atomic E-state index is 6.57. The van der Waals surface area contributed by atoms with Crippen LogP contribution in [0.25, 0.3) is 11.1 Å². The van der Waals surface area contributed by atoms with Crippen LogP contribution in [-0.4, -0.2) is 39.3 Å². The lowest BCUT2D eigenvalue weighted by atomic mass is 9.80. The van der Waals surface area contributed by atoms with Gasteiger partial charge < -0.3 is 18.9 Å². The lowest BCUT2D eigenvalue weighted by Crippen LogP contribution is -2.41. The van der Waals surface area contributed by atoms with Gasteiger partial charge in [0, 0.05) is 35.3 Å². The minimum Gasteiger partial charge on any atom is -0.493 e. The number of nitrogens with one attached hydrogen (secondary N) is 1. The van der Waals surface area contributed by atoms with E-state index < -0.39 is 0 Å². The van der Waals surface area contributed by atoms with Gasteiger partial charge >= 0.3 is 0 Å². The van der Waals surface area contributed by atoms with E-state index in [0.29, 0.717) is 0 Å². The minimum absolute atomic E-state index is 0.135. The van der Waals surface area contributed by atoms with Gasteiger partial charge in [0.25, 0.3) is 0 Å². The molecule has 0 aliphatic carbocycles. The molecular formula is C21H22N2O4. The number of hydrogen-bond donors (Lipinski definition) is 1. The van der Waals surface area contributed by atoms with Crippen molar-refractivity contribution in [1.82, 2.24) is 10.2 Å². The Morgan fingerprint density at radius 1 is 0.963 bits per heavy atom. The van der Waals surface area contributed by atoms with Gasteiger partial charge in [0.05, 0.1) is 14.2 Å². The second-order valence-corrected chi connectivity index (χ2v) is 7.61. The smallest absolute Gasteiger partial charge is 0.180 e. The second-order valence-electron chi connectivity index (χ2n) is 7.61. The molecule has 6 rings (SSSR count). The Bertz CT molecular complexity index is 987. The van der Waals surface area contributed by atoms with E-state index in [1.807, 2.05) is 0 Å². The number of benzene rings is 2. The number of hydrogen-bond acceptors (Lipinski definition) is 6. The van der Waals surface area contributed by atoms with Crippen molar-refractivity contribution >= 4 is 0 Å². The first-order chi connectivity index (χ1) is 13.2. The fourth-order valence-corrected chi connectivity index (χ4v) is 5.00. The zero-order valence-electron chi connectivity index (χ0n) is 15.7. The molecule has 6 heteroatoms. The van der Waals surface area contributed by atoms with Gasteiger partial charge in [0.2, 0.25) is 0 Å². The summed E-state index contributed by atoms with van der Waals surface area (Å²) in [6.07, 6.45) is 1.60. The molecule has 6 nitrogen and oxygen atoms in total. The summed E-state index contributed by atoms with van der Waals surface area (Å²) in [5.41, 5.74) is 7.18. The molecular weight excluding hydrogens is 344 g/mol. The van der Waals surface area contributed by atoms with Crippen LogP contribution in [0.4, 0.5) is 0 Å². The topological polar surface area (TPSA) is 52.2 Å². The van der Waals surface area contributed by atoms with E-state index in [0.717, 1.165) is 60.1 Å². The van der Waals surface area contributed by atoms with Crippen LogP contribution < -0.4 is 24.3 Å². The number of methoxy groups -OCH3 is 2. The molecule has 0 bridgehead atoms. The van der Waals surface area contributed by atoms with Gasteiger partial charge in [-0.25, -0.2) is 0 Å². The number of nitrogens with zero attached hydrogens (tertiary/aromatic N) is 1. The Kier molecular flexibility index (Phi) is 3.06. The largest absolute Gasteiger partial charge is 0.493 e. The van der Waals surface area contributed by atoms with Crippen molar-refractivity contribution in [3.05, 3.63) is 34.4 Å². The third kappa shape index (κ3) is 1.87. The van der Waals surface area contributed by atoms with Crippen LogP contribution in [0.1, 0.15) is 34.7 Å². The summed E-state index contributed by atoms with van der Waals surface area (Å²) in [7, 11) is 5.53. The third-order valence-electron chi connectivity index (χ3n) is 6.27. The molecule has 0 fully saturated rings. The van der Waals surface area contributed by atoms with Crippen LogP contribution in [0.5, 0.6) is 23.0 Å². The molecule has 4 aliphatic rings. The normalized spacial score (nSPS) is 23.8. The summed E-state index contributed by atoms with van der Waals surface area (Å²) < 4.78 is 24.5. The third-order valence-corrected chi connectivity index (χ3v) is 6.27. The molecule has 2 unspecified atom stereocenters. The number of ether oxygens (including phenoxy) is 4. The van der Waals surface area contributed by atoms with Crippen LogP contribution in [-0.2, 0) is 12.8 Å². The summed E-state index contributed by atoms with van der Waals surface area (Å²) >= 11 is 0. The first-order valence-electron chi connectivity index (χ1n) is 9.46. The highest BCUT2D eigenvalue weighted by molar-refractivity contribution is 5.90. The van der Waals surface area contributed by atoms with Gasteiger partial charge in [-0.2, -0.15) is 0 Å². The van der Waals surface area contributed by atoms with E-state index in [1.165, 1.54) is 22.3 Å². The Labute approximate surface area is 158 Å². The second kappa shape index (κ2) is 5.30. The Morgan fingerprint density at radius 3 is 2.37 bits per heavy atom. The SMILES string of the molecule is COc1cc2c3c4c1OC1c5c(cc(OC)c(c5-4)OC3NCC2)CCN1C. The van der Waals surface area contributed by atoms with E-state index >= 15 is 0 Å². The molecule has 27 heavy (non-hydrogen) atoms. The van der Waals surface area contributed by atoms with Gasteiger partial charge in [-0.15, -0.1) is 0 Å². The van der Waals surface area contributed by atoms with Crippen molar-refractivity contribution in [2.45, 2.75) is 25.3 Å². The van der Waals surface area contributed by atoms with Gasteiger partial charge in [0.1, 0.15) is 0 Å². The Balaban J connectivity index is 1.77. The molecule has 4 heterocycles. The highest BCUT2D eigenvalue weighted by atomic mass is 16.5. The van der Waals surface area contributed by atoms with E-state index in [1.54, 1.807) is 14.2 Å². The van der Waals surface area contributed by atoms with Gasteiger partial charge in [0.15, 0.2) is 35.5 Å². The lowest BCUT2D eigenvalue weighted by molar-refractivity contribution is 0.0286. The Hall–Kier alpha value is -2.44. The minimum atomic E-state index is -0.186. The van der Waals surface area contributed by atoms with Crippen molar-refractivity contribution in [3.8, 4) is 34.1 Å². The lowest BCUT2D eigenvalue weighted by Gasteiger charge is -2.45. The van der Waals surface area contributed by atoms with E-state index in [4.69, 9.17) is 18.9 Å². The summed E-state index contributed by atoms with van der Waals surface area (Å²) in [6, 6.07) is 4.24. The van der Waals surface area contributed by atoms with Gasteiger partial charge in [-0.05, 0) is 43.1 Å². The van der Waals surface area contributed by atoms with Crippen molar-refractivity contribution in [1.29, 1.82) is 0 Å². The van der Waals surface area contributed by atoms with Crippen LogP contribution in [0, 0.1) is 0 Å². The molecule has 0 aromatic heterocycles. The fourth-order valence-electron chi connectivity index (χ4n) is 5.00. The molecule has 0 radical (unpaired) electrons. The van der Waals surface area contributed by atoms with Crippen molar-refractivity contribution in [2.24, 2.45) is 0 Å². The predicted molar refractivity (Wildman–Crippen MR) is 99.8 cm³/mol. The number of rotatable bonds is 2. The molecule has 1 N–H and O–H groups in total. The maximum Gasteiger partial charge on any atom is 0.180 e. The molecule has 0 spiro atoms. The van der Waals surface area contributed by atoms with Crippen LogP contribution in [0.2, 0.25) is 0 Å². The average molecular weight is 366 g/mol. The summed E-state index contributed by atoms with van der Waals surface area (Å²) in [5, 5.41) is 3.50. The van der Waals surface area contributed by atoms with Crippen LogP contribution >= 0.6 is 0 Å². The molecule has 2 aromatic rings. The van der Waals surface area contributed by atoms with Gasteiger partial charge in [-0.1, -0.05) is 0 Å². The average Bonchev–Trinajstić information content (AvgIpc) is 2.71. The molecule has 0 saturated carbocycles. The van der Waals surface area contributed by atoms with Crippen molar-refractivity contribution in [3.63, 3.8) is 0 Å². The summed E-state index contributed by atoms with van der Waals surface area (Å²) in [4.78, 5) is 2.25. The zero-order chi connectivity index (χ0) is 18.3. The van der Waals surface area contributed by atoms with E-state index in [2.05, 4.69) is 29.4 Å². The predicted octanol–water partition coefficient (Wildman–Crippen LogP) is 2.79. The van der Waals surface area contributed by atoms with Crippen molar-refractivity contribution in [2.75, 3.05) is 34.4 Å². The first-order valence-corrected chi connectivity index (χ1v) is 9.46. The number of likely N-dealkylation sites (N-methyl/N-ethyl adjacent to an activating group) is 1. The van der Waals surface area contributed by atoms with Gasteiger partial charge in [-0.3, -0.25) is 10.2 Å². The zero-order valence-corrected chi connectivity index (χ0v) is 15.7. The highest BCUT2D eigenvalue weighted by Gasteiger charge is 2.45. The van der Waals surface area contributed by atoms with Crippen LogP contribution in [0.3, 0.4) is 0 Å². The molecule has 140 valence electrons. The molecule has 2 aromatic carbocycles. The van der Waals surface area contributed by atoms with E-state index in [9.17, 15) is 0 Å². The molecule has 0 amide bonds. The summed E-state index contributed by atoms with van der Waals surface area (Å²) in [5.74, 6) is 3.22. The van der Waals surface area contributed by atoms with Crippen LogP contribution in [0.15, 0.2) is 12.1 Å². The quantitative estimate of drug-likeness (QED) is 0.882. The standard InChI is InChI=1S/C21H22N2O4/c1-23-7-5-11-9-12(24-2)18-17-15(11)21(23)27-19-13(25-3)8-10-4-6-22-20(26-18)14(10)16(17)19/h8-9,20-22H,4-7H2,1-3H3. The summed E-state index contributed by atoms with van der Waals surface area (Å²) in [6.45, 7) is 1.81. The first kappa shape index (κ1) is 15.6. The highest BCUT2D eigenvalue weighted by Crippen LogP contribution is 2.61. The molecule has 0 saturated heterocycles. The molecule has 4 aliphatic heterocycles.